The molecule has 0 saturated heterocycles. The van der Waals surface area contributed by atoms with Crippen LogP contribution in [0.4, 0.5) is 13.2 Å². The van der Waals surface area contributed by atoms with E-state index < -0.39 is 33.6 Å². The molecule has 0 saturated carbocycles. The van der Waals surface area contributed by atoms with Gasteiger partial charge in [-0.2, -0.15) is 13.2 Å². The molecule has 1 amide bonds. The van der Waals surface area contributed by atoms with Crippen LogP contribution in [-0.4, -0.2) is 38.3 Å². The Kier molecular flexibility index (Phi) is 10.7. The number of hydrogen-bond donors (Lipinski definition) is 1. The van der Waals surface area contributed by atoms with Gasteiger partial charge in [-0.05, 0) is 43.2 Å². The normalized spacial score (nSPS) is 11.9. The molecule has 0 spiro atoms. The van der Waals surface area contributed by atoms with E-state index in [0.717, 1.165) is 47.6 Å². The van der Waals surface area contributed by atoms with Crippen molar-refractivity contribution in [1.29, 1.82) is 0 Å². The predicted molar refractivity (Wildman–Crippen MR) is 126 cm³/mol. The lowest BCUT2D eigenvalue weighted by molar-refractivity contribution is -0.160. The molecule has 0 radical (unpaired) electrons. The largest absolute Gasteiger partial charge is 0.459 e. The second-order valence-corrected chi connectivity index (χ2v) is 10.9. The molecule has 0 fully saturated rings. The summed E-state index contributed by atoms with van der Waals surface area (Å²) in [4.78, 5) is 26.2. The molecule has 0 aliphatic heterocycles. The molecule has 1 heterocycles. The van der Waals surface area contributed by atoms with E-state index in [1.807, 2.05) is 0 Å². The maximum atomic E-state index is 13.1. The summed E-state index contributed by atoms with van der Waals surface area (Å²) >= 11 is 0.920. The van der Waals surface area contributed by atoms with Gasteiger partial charge < -0.3 is 9.64 Å². The number of nitrogens with one attached hydrogen (secondary N) is 1. The Morgan fingerprint density at radius 1 is 1.06 bits per heavy atom. The molecule has 0 aliphatic rings. The van der Waals surface area contributed by atoms with E-state index in [2.05, 4.69) is 11.6 Å². The molecule has 0 unspecified atom stereocenters. The van der Waals surface area contributed by atoms with Gasteiger partial charge in [0.1, 0.15) is 4.21 Å². The number of amides is 1. The summed E-state index contributed by atoms with van der Waals surface area (Å²) in [5.74, 6) is -2.17. The smallest absolute Gasteiger partial charge is 0.416 e. The monoisotopic (exact) mass is 534 g/mol. The van der Waals surface area contributed by atoms with Gasteiger partial charge in [-0.3, -0.25) is 4.79 Å². The molecule has 2 aromatic rings. The molecule has 0 atom stereocenters. The summed E-state index contributed by atoms with van der Waals surface area (Å²) in [7, 11) is -3.74. The first-order chi connectivity index (χ1) is 16.5. The van der Waals surface area contributed by atoms with Gasteiger partial charge in [-0.25, -0.2) is 17.9 Å². The van der Waals surface area contributed by atoms with Crippen LogP contribution in [-0.2, 0) is 43.6 Å². The van der Waals surface area contributed by atoms with Gasteiger partial charge in [0.2, 0.25) is 10.0 Å². The fraction of sp³-hybridized carbons (Fsp3) is 0.478. The highest BCUT2D eigenvalue weighted by Gasteiger charge is 2.31. The first-order valence-electron chi connectivity index (χ1n) is 11.2. The van der Waals surface area contributed by atoms with Crippen LogP contribution >= 0.6 is 11.3 Å². The van der Waals surface area contributed by atoms with E-state index in [-0.39, 0.29) is 29.5 Å². The molecule has 194 valence electrons. The summed E-state index contributed by atoms with van der Waals surface area (Å²) in [5, 5.41) is 0. The van der Waals surface area contributed by atoms with Crippen LogP contribution in [0.15, 0.2) is 40.6 Å². The van der Waals surface area contributed by atoms with Gasteiger partial charge in [-0.1, -0.05) is 38.3 Å². The van der Waals surface area contributed by atoms with Crippen LogP contribution in [0.25, 0.3) is 0 Å². The van der Waals surface area contributed by atoms with Gasteiger partial charge in [0.05, 0.1) is 18.7 Å². The van der Waals surface area contributed by atoms with Crippen LogP contribution in [0.1, 0.15) is 55.5 Å². The number of thiophene rings is 1. The van der Waals surface area contributed by atoms with Crippen LogP contribution in [0, 0.1) is 0 Å². The molecule has 0 bridgehead atoms. The highest BCUT2D eigenvalue weighted by Crippen LogP contribution is 2.30. The van der Waals surface area contributed by atoms with E-state index >= 15 is 0 Å². The second-order valence-electron chi connectivity index (χ2n) is 7.76. The maximum Gasteiger partial charge on any atom is 0.416 e. The van der Waals surface area contributed by atoms with E-state index in [9.17, 15) is 31.2 Å². The third kappa shape index (κ3) is 8.93. The van der Waals surface area contributed by atoms with Crippen LogP contribution in [0.2, 0.25) is 0 Å². The third-order valence-electron chi connectivity index (χ3n) is 4.94. The average molecular weight is 535 g/mol. The van der Waals surface area contributed by atoms with Crippen LogP contribution in [0.5, 0.6) is 0 Å². The van der Waals surface area contributed by atoms with Crippen molar-refractivity contribution < 1.29 is 35.9 Å². The number of carbonyl (C=O) groups excluding carboxylic acids is 2. The minimum atomic E-state index is -4.56. The van der Waals surface area contributed by atoms with Gasteiger partial charge in [0.25, 0.3) is 0 Å². The number of carbonyl (C=O) groups is 2. The maximum absolute atomic E-state index is 13.1. The molecule has 2 rings (SSSR count). The van der Waals surface area contributed by atoms with Crippen molar-refractivity contribution in [3.63, 3.8) is 0 Å². The third-order valence-corrected chi connectivity index (χ3v) is 7.96. The van der Waals surface area contributed by atoms with Gasteiger partial charge >= 0.3 is 18.1 Å². The number of nitrogens with zero attached hydrogens (tertiary/aromatic N) is 1. The van der Waals surface area contributed by atoms with Crippen molar-refractivity contribution in [3.8, 4) is 0 Å². The molecule has 12 heteroatoms. The zero-order valence-electron chi connectivity index (χ0n) is 19.6. The van der Waals surface area contributed by atoms with Gasteiger partial charge in [-0.15, -0.1) is 11.3 Å². The molecule has 1 aromatic heterocycles. The zero-order chi connectivity index (χ0) is 26.1. The fourth-order valence-electron chi connectivity index (χ4n) is 3.19. The summed E-state index contributed by atoms with van der Waals surface area (Å²) in [5.41, 5.74) is -0.719. The van der Waals surface area contributed by atoms with Crippen molar-refractivity contribution in [2.24, 2.45) is 0 Å². The number of alkyl halides is 3. The van der Waals surface area contributed by atoms with Gasteiger partial charge in [0, 0.05) is 18.0 Å². The van der Waals surface area contributed by atoms with E-state index in [1.54, 1.807) is 0 Å². The molecule has 1 N–H and O–H groups in total. The lowest BCUT2D eigenvalue weighted by atomic mass is 10.1. The Hall–Kier alpha value is -2.44. The van der Waals surface area contributed by atoms with E-state index in [1.165, 1.54) is 31.2 Å². The fourth-order valence-corrected chi connectivity index (χ4v) is 5.68. The second kappa shape index (κ2) is 13.0. The Morgan fingerprint density at radius 2 is 1.80 bits per heavy atom. The van der Waals surface area contributed by atoms with Crippen LogP contribution in [0.3, 0.4) is 0 Å². The number of esters is 1. The van der Waals surface area contributed by atoms with Crippen molar-refractivity contribution in [1.82, 2.24) is 9.62 Å². The topological polar surface area (TPSA) is 92.8 Å². The Labute approximate surface area is 207 Å². The molecular weight excluding hydrogens is 505 g/mol. The number of rotatable bonds is 12. The first-order valence-corrected chi connectivity index (χ1v) is 13.5. The van der Waals surface area contributed by atoms with E-state index in [0.29, 0.717) is 17.8 Å². The molecule has 7 nitrogen and oxygen atoms in total. The summed E-state index contributed by atoms with van der Waals surface area (Å²) in [6.45, 7) is 3.36. The first kappa shape index (κ1) is 28.8. The van der Waals surface area contributed by atoms with Crippen molar-refractivity contribution in [2.75, 3.05) is 13.2 Å². The minimum absolute atomic E-state index is 0.0468. The lowest BCUT2D eigenvalue weighted by Crippen LogP contribution is -2.36. The van der Waals surface area contributed by atoms with Gasteiger partial charge in [0.15, 0.2) is 0 Å². The molecule has 35 heavy (non-hydrogen) atoms. The Morgan fingerprint density at radius 3 is 2.46 bits per heavy atom. The molecule has 0 aliphatic carbocycles. The van der Waals surface area contributed by atoms with E-state index in [4.69, 9.17) is 4.74 Å². The highest BCUT2D eigenvalue weighted by atomic mass is 32.2. The number of benzene rings is 1. The average Bonchev–Trinajstić information content (AvgIpc) is 3.27. The molecular formula is C23H29F3N2O5S2. The summed E-state index contributed by atoms with van der Waals surface area (Å²) in [6, 6.07) is 7.34. The number of ether oxygens (including phenoxy) is 1. The summed E-state index contributed by atoms with van der Waals surface area (Å²) < 4.78 is 71.7. The SMILES string of the molecule is CCCCCCNS(=O)(=O)c1ccc(CN(Cc2cccc(C(F)(F)F)c2)C(=O)C(=O)OCC)s1. The zero-order valence-corrected chi connectivity index (χ0v) is 21.2. The van der Waals surface area contributed by atoms with Crippen molar-refractivity contribution in [3.05, 3.63) is 52.4 Å². The van der Waals surface area contributed by atoms with Crippen LogP contribution < -0.4 is 4.72 Å². The summed E-state index contributed by atoms with van der Waals surface area (Å²) in [6.07, 6.45) is -0.893. The quantitative estimate of drug-likeness (QED) is 0.242. The predicted octanol–water partition coefficient (Wildman–Crippen LogP) is 4.72. The standard InChI is InChI=1S/C23H29F3N2O5S2/c1-3-5-6-7-13-27-35(31,32)20-12-11-19(34-20)16-28(21(29)22(30)33-4-2)15-17-9-8-10-18(14-17)23(24,25)26/h8-12,14,27H,3-7,13,15-16H2,1-2H3. The van der Waals surface area contributed by atoms with Crippen molar-refractivity contribution in [2.45, 2.75) is 63.0 Å². The minimum Gasteiger partial charge on any atom is -0.459 e. The lowest BCUT2D eigenvalue weighted by Gasteiger charge is -2.21. The number of sulfonamides is 1. The Balaban J connectivity index is 2.20. The number of unbranched alkanes of at least 4 members (excludes halogenated alkanes) is 3. The van der Waals surface area contributed by atoms with Crippen molar-refractivity contribution >= 4 is 33.2 Å². The Bertz CT molecular complexity index is 1100. The number of hydrogen-bond acceptors (Lipinski definition) is 6. The number of halogens is 3. The molecule has 1 aromatic carbocycles. The highest BCUT2D eigenvalue weighted by molar-refractivity contribution is 7.91.